The van der Waals surface area contributed by atoms with Gasteiger partial charge in [-0.05, 0) is 6.42 Å². The smallest absolute Gasteiger partial charge is 0.348 e. The summed E-state index contributed by atoms with van der Waals surface area (Å²) < 4.78 is 0. The fraction of sp³-hybridized carbons (Fsp3) is 0.364. The van der Waals surface area contributed by atoms with Crippen molar-refractivity contribution in [1.29, 1.82) is 0 Å². The summed E-state index contributed by atoms with van der Waals surface area (Å²) in [5, 5.41) is 9.17. The lowest BCUT2D eigenvalue weighted by atomic mass is 10.3. The summed E-state index contributed by atoms with van der Waals surface area (Å²) >= 11 is 1.18. The van der Waals surface area contributed by atoms with Gasteiger partial charge in [0.15, 0.2) is 0 Å². The third-order valence-corrected chi connectivity index (χ3v) is 3.48. The molecule has 0 aliphatic carbocycles. The Morgan fingerprint density at radius 2 is 2.24 bits per heavy atom. The number of nitrogens with zero attached hydrogens (tertiary/aromatic N) is 3. The number of carboxylic acid groups (broad SMARTS) is 1. The number of thiophene rings is 1. The van der Waals surface area contributed by atoms with Crippen LogP contribution in [0.4, 0.5) is 5.69 Å². The molecule has 0 saturated heterocycles. The van der Waals surface area contributed by atoms with Gasteiger partial charge in [0.1, 0.15) is 15.2 Å². The molecule has 0 aliphatic rings. The van der Waals surface area contributed by atoms with Crippen LogP contribution < -0.4 is 4.90 Å². The summed E-state index contributed by atoms with van der Waals surface area (Å²) in [5.74, 6) is -0.934. The van der Waals surface area contributed by atoms with Crippen molar-refractivity contribution in [2.75, 3.05) is 19.0 Å². The van der Waals surface area contributed by atoms with E-state index in [1.54, 1.807) is 11.1 Å². The molecule has 17 heavy (non-hydrogen) atoms. The molecule has 90 valence electrons. The predicted octanol–water partition coefficient (Wildman–Crippen LogP) is 2.02. The van der Waals surface area contributed by atoms with Crippen molar-refractivity contribution in [2.45, 2.75) is 13.3 Å². The maximum atomic E-state index is 11.2. The molecule has 5 nitrogen and oxygen atoms in total. The van der Waals surface area contributed by atoms with Crippen LogP contribution in [0.2, 0.25) is 0 Å². The van der Waals surface area contributed by atoms with Crippen LogP contribution in [0.25, 0.3) is 10.3 Å². The molecule has 0 fully saturated rings. The maximum absolute atomic E-state index is 11.2. The number of aryl methyl sites for hydroxylation is 1. The molecule has 1 N–H and O–H groups in total. The number of aromatic carboxylic acids is 1. The lowest BCUT2D eigenvalue weighted by Crippen LogP contribution is -2.12. The van der Waals surface area contributed by atoms with Gasteiger partial charge in [0.05, 0.1) is 11.4 Å². The maximum Gasteiger partial charge on any atom is 0.348 e. The topological polar surface area (TPSA) is 66.3 Å². The van der Waals surface area contributed by atoms with Crippen LogP contribution in [0.15, 0.2) is 6.20 Å². The molecule has 0 unspecified atom stereocenters. The van der Waals surface area contributed by atoms with Gasteiger partial charge in [-0.1, -0.05) is 6.92 Å². The van der Waals surface area contributed by atoms with Crippen molar-refractivity contribution < 1.29 is 9.90 Å². The van der Waals surface area contributed by atoms with Crippen LogP contribution in [0.1, 0.15) is 22.3 Å². The minimum Gasteiger partial charge on any atom is -0.477 e. The number of carbonyl (C=O) groups is 1. The highest BCUT2D eigenvalue weighted by atomic mass is 32.1. The van der Waals surface area contributed by atoms with Gasteiger partial charge in [-0.25, -0.2) is 14.8 Å². The average Bonchev–Trinajstić information content (AvgIpc) is 2.66. The van der Waals surface area contributed by atoms with E-state index in [1.807, 2.05) is 21.0 Å². The van der Waals surface area contributed by atoms with Gasteiger partial charge in [-0.15, -0.1) is 11.3 Å². The molecule has 2 aromatic heterocycles. The standard InChI is InChI=1S/C11H13N3O2S/c1-4-6-5-12-7-8(14(2)3)9(11(15)16)17-10(7)13-6/h5H,4H2,1-3H3,(H,15,16). The van der Waals surface area contributed by atoms with Crippen molar-refractivity contribution in [3.8, 4) is 0 Å². The van der Waals surface area contributed by atoms with E-state index in [4.69, 9.17) is 0 Å². The van der Waals surface area contributed by atoms with Crippen LogP contribution >= 0.6 is 11.3 Å². The quantitative estimate of drug-likeness (QED) is 0.904. The van der Waals surface area contributed by atoms with Gasteiger partial charge in [-0.3, -0.25) is 0 Å². The van der Waals surface area contributed by atoms with Crippen molar-refractivity contribution in [3.63, 3.8) is 0 Å². The zero-order valence-corrected chi connectivity index (χ0v) is 10.7. The number of anilines is 1. The molecule has 0 amide bonds. The van der Waals surface area contributed by atoms with Crippen LogP contribution in [-0.2, 0) is 6.42 Å². The molecule has 0 radical (unpaired) electrons. The minimum atomic E-state index is -0.934. The van der Waals surface area contributed by atoms with E-state index in [1.165, 1.54) is 11.3 Å². The highest BCUT2D eigenvalue weighted by Gasteiger charge is 2.21. The number of hydrogen-bond acceptors (Lipinski definition) is 5. The summed E-state index contributed by atoms with van der Waals surface area (Å²) in [4.78, 5) is 22.6. The summed E-state index contributed by atoms with van der Waals surface area (Å²) in [5.41, 5.74) is 2.17. The lowest BCUT2D eigenvalue weighted by molar-refractivity contribution is 0.0703. The molecule has 0 aromatic carbocycles. The fourth-order valence-electron chi connectivity index (χ4n) is 1.62. The normalized spacial score (nSPS) is 10.8. The second-order valence-electron chi connectivity index (χ2n) is 3.85. The number of rotatable bonds is 3. The Morgan fingerprint density at radius 3 is 2.76 bits per heavy atom. The zero-order valence-electron chi connectivity index (χ0n) is 9.89. The number of hydrogen-bond donors (Lipinski definition) is 1. The van der Waals surface area contributed by atoms with Crippen LogP contribution in [-0.4, -0.2) is 35.1 Å². The molecule has 0 bridgehead atoms. The molecule has 2 aromatic rings. The van der Waals surface area contributed by atoms with Crippen LogP contribution in [0.5, 0.6) is 0 Å². The van der Waals surface area contributed by atoms with E-state index < -0.39 is 5.97 Å². The highest BCUT2D eigenvalue weighted by Crippen LogP contribution is 2.35. The van der Waals surface area contributed by atoms with Crippen molar-refractivity contribution in [1.82, 2.24) is 9.97 Å². The van der Waals surface area contributed by atoms with Gasteiger partial charge < -0.3 is 10.0 Å². The average molecular weight is 251 g/mol. The Morgan fingerprint density at radius 1 is 1.53 bits per heavy atom. The second kappa shape index (κ2) is 4.29. The monoisotopic (exact) mass is 251 g/mol. The third kappa shape index (κ3) is 1.95. The van der Waals surface area contributed by atoms with Gasteiger partial charge in [0.25, 0.3) is 0 Å². The van der Waals surface area contributed by atoms with Gasteiger partial charge >= 0.3 is 5.97 Å². The van der Waals surface area contributed by atoms with Crippen molar-refractivity contribution in [2.24, 2.45) is 0 Å². The Balaban J connectivity index is 2.74. The lowest BCUT2D eigenvalue weighted by Gasteiger charge is -2.11. The number of aromatic nitrogens is 2. The fourth-order valence-corrected chi connectivity index (χ4v) is 2.69. The SMILES string of the molecule is CCc1cnc2c(N(C)C)c(C(=O)O)sc2n1. The first-order valence-corrected chi connectivity index (χ1v) is 6.05. The molecular weight excluding hydrogens is 238 g/mol. The van der Waals surface area contributed by atoms with Crippen molar-refractivity contribution >= 4 is 33.3 Å². The van der Waals surface area contributed by atoms with Crippen molar-refractivity contribution in [3.05, 3.63) is 16.8 Å². The Labute approximate surface area is 103 Å². The summed E-state index contributed by atoms with van der Waals surface area (Å²) in [6.07, 6.45) is 2.49. The molecule has 0 saturated carbocycles. The Hall–Kier alpha value is -1.69. The first kappa shape index (κ1) is 11.8. The summed E-state index contributed by atoms with van der Waals surface area (Å²) in [7, 11) is 3.62. The first-order valence-electron chi connectivity index (χ1n) is 5.23. The second-order valence-corrected chi connectivity index (χ2v) is 4.85. The van der Waals surface area contributed by atoms with Gasteiger partial charge in [-0.2, -0.15) is 0 Å². The summed E-state index contributed by atoms with van der Waals surface area (Å²) in [6.45, 7) is 1.99. The molecule has 0 aliphatic heterocycles. The highest BCUT2D eigenvalue weighted by molar-refractivity contribution is 7.21. The molecule has 0 atom stereocenters. The Bertz CT molecular complexity index is 577. The van der Waals surface area contributed by atoms with Gasteiger partial charge in [0.2, 0.25) is 0 Å². The molecule has 6 heteroatoms. The Kier molecular flexibility index (Phi) is 2.97. The number of carboxylic acids is 1. The van der Waals surface area contributed by atoms with E-state index in [0.29, 0.717) is 20.9 Å². The molecule has 0 spiro atoms. The summed E-state index contributed by atoms with van der Waals surface area (Å²) in [6, 6.07) is 0. The van der Waals surface area contributed by atoms with E-state index in [-0.39, 0.29) is 0 Å². The largest absolute Gasteiger partial charge is 0.477 e. The molecule has 2 rings (SSSR count). The predicted molar refractivity (Wildman–Crippen MR) is 68.1 cm³/mol. The van der Waals surface area contributed by atoms with E-state index in [9.17, 15) is 9.90 Å². The first-order chi connectivity index (χ1) is 8.04. The van der Waals surface area contributed by atoms with E-state index in [2.05, 4.69) is 9.97 Å². The minimum absolute atomic E-state index is 0.290. The molecular formula is C11H13N3O2S. The van der Waals surface area contributed by atoms with Crippen LogP contribution in [0.3, 0.4) is 0 Å². The van der Waals surface area contributed by atoms with E-state index in [0.717, 1.165) is 12.1 Å². The van der Waals surface area contributed by atoms with Gasteiger partial charge in [0, 0.05) is 20.3 Å². The third-order valence-electron chi connectivity index (χ3n) is 2.43. The number of fused-ring (bicyclic) bond motifs is 1. The zero-order chi connectivity index (χ0) is 12.6. The van der Waals surface area contributed by atoms with Crippen LogP contribution in [0, 0.1) is 0 Å². The van der Waals surface area contributed by atoms with E-state index >= 15 is 0 Å². The molecule has 2 heterocycles.